The first-order valence-corrected chi connectivity index (χ1v) is 8.40. The average Bonchev–Trinajstić information content (AvgIpc) is 2.94. The molecule has 1 amide bonds. The smallest absolute Gasteiger partial charge is 0.248 e. The second-order valence-corrected chi connectivity index (χ2v) is 6.77. The Morgan fingerprint density at radius 2 is 1.96 bits per heavy atom. The third-order valence-electron chi connectivity index (χ3n) is 4.74. The van der Waals surface area contributed by atoms with Crippen molar-refractivity contribution in [3.63, 3.8) is 0 Å². The lowest BCUT2D eigenvalue weighted by molar-refractivity contribution is -0.0140. The fourth-order valence-corrected chi connectivity index (χ4v) is 3.49. The van der Waals surface area contributed by atoms with E-state index in [1.165, 1.54) is 12.1 Å². The first kappa shape index (κ1) is 17.6. The van der Waals surface area contributed by atoms with Gasteiger partial charge in [-0.15, -0.1) is 0 Å². The molecule has 1 aliphatic rings. The molecule has 0 aliphatic carbocycles. The molecule has 2 N–H and O–H groups in total. The van der Waals surface area contributed by atoms with E-state index in [4.69, 9.17) is 10.5 Å². The molecular formula is C20H23FN2O2. The summed E-state index contributed by atoms with van der Waals surface area (Å²) >= 11 is 0. The SMILES string of the molecule is CN(C)CCC[C@]1(c2ccc(F)cc2)OCc2cc(C(N)=O)ccc21. The van der Waals surface area contributed by atoms with Gasteiger partial charge < -0.3 is 15.4 Å². The van der Waals surface area contributed by atoms with E-state index in [0.717, 1.165) is 36.1 Å². The van der Waals surface area contributed by atoms with Crippen LogP contribution in [-0.2, 0) is 16.9 Å². The van der Waals surface area contributed by atoms with Crippen LogP contribution in [0.15, 0.2) is 42.5 Å². The van der Waals surface area contributed by atoms with E-state index < -0.39 is 11.5 Å². The molecule has 3 rings (SSSR count). The minimum absolute atomic E-state index is 0.269. The maximum absolute atomic E-state index is 13.4. The van der Waals surface area contributed by atoms with Gasteiger partial charge in [0.25, 0.3) is 0 Å². The molecule has 1 atom stereocenters. The molecule has 25 heavy (non-hydrogen) atoms. The number of halogens is 1. The van der Waals surface area contributed by atoms with Crippen molar-refractivity contribution in [2.24, 2.45) is 5.73 Å². The Morgan fingerprint density at radius 3 is 2.60 bits per heavy atom. The van der Waals surface area contributed by atoms with Gasteiger partial charge in [0.15, 0.2) is 0 Å². The van der Waals surface area contributed by atoms with Gasteiger partial charge in [0.1, 0.15) is 11.4 Å². The zero-order chi connectivity index (χ0) is 18.0. The van der Waals surface area contributed by atoms with Crippen LogP contribution in [0.4, 0.5) is 4.39 Å². The fraction of sp³-hybridized carbons (Fsp3) is 0.350. The zero-order valence-corrected chi connectivity index (χ0v) is 14.6. The van der Waals surface area contributed by atoms with Crippen LogP contribution in [0.5, 0.6) is 0 Å². The van der Waals surface area contributed by atoms with E-state index in [1.54, 1.807) is 24.3 Å². The van der Waals surface area contributed by atoms with E-state index in [2.05, 4.69) is 4.90 Å². The Balaban J connectivity index is 2.02. The zero-order valence-electron chi connectivity index (χ0n) is 14.6. The number of rotatable bonds is 6. The summed E-state index contributed by atoms with van der Waals surface area (Å²) in [6.07, 6.45) is 1.71. The van der Waals surface area contributed by atoms with Gasteiger partial charge in [0.05, 0.1) is 6.61 Å². The highest BCUT2D eigenvalue weighted by Crippen LogP contribution is 2.45. The molecule has 0 saturated carbocycles. The average molecular weight is 342 g/mol. The van der Waals surface area contributed by atoms with Gasteiger partial charge in [-0.05, 0) is 74.4 Å². The van der Waals surface area contributed by atoms with Crippen molar-refractivity contribution in [1.29, 1.82) is 0 Å². The van der Waals surface area contributed by atoms with Gasteiger partial charge in [0.2, 0.25) is 5.91 Å². The van der Waals surface area contributed by atoms with E-state index in [1.807, 2.05) is 20.2 Å². The third kappa shape index (κ3) is 3.43. The van der Waals surface area contributed by atoms with Crippen LogP contribution in [0.3, 0.4) is 0 Å². The second-order valence-electron chi connectivity index (χ2n) is 6.77. The molecule has 1 heterocycles. The number of ether oxygens (including phenoxy) is 1. The number of carbonyl (C=O) groups excluding carboxylic acids is 1. The van der Waals surface area contributed by atoms with Crippen molar-refractivity contribution in [2.45, 2.75) is 25.0 Å². The van der Waals surface area contributed by atoms with Gasteiger partial charge in [-0.3, -0.25) is 4.79 Å². The van der Waals surface area contributed by atoms with E-state index >= 15 is 0 Å². The van der Waals surface area contributed by atoms with Crippen molar-refractivity contribution in [1.82, 2.24) is 4.90 Å². The highest BCUT2D eigenvalue weighted by molar-refractivity contribution is 5.93. The number of nitrogens with two attached hydrogens (primary N) is 1. The Hall–Kier alpha value is -2.24. The summed E-state index contributed by atoms with van der Waals surface area (Å²) in [6.45, 7) is 1.34. The van der Waals surface area contributed by atoms with Crippen LogP contribution >= 0.6 is 0 Å². The van der Waals surface area contributed by atoms with Gasteiger partial charge in [-0.1, -0.05) is 18.2 Å². The Bertz CT molecular complexity index is 774. The molecule has 0 radical (unpaired) electrons. The Morgan fingerprint density at radius 1 is 1.24 bits per heavy atom. The van der Waals surface area contributed by atoms with Crippen LogP contribution in [0.25, 0.3) is 0 Å². The van der Waals surface area contributed by atoms with Crippen molar-refractivity contribution in [3.05, 3.63) is 70.5 Å². The molecule has 2 aromatic rings. The number of nitrogens with zero attached hydrogens (tertiary/aromatic N) is 1. The summed E-state index contributed by atoms with van der Waals surface area (Å²) in [4.78, 5) is 13.6. The highest BCUT2D eigenvalue weighted by atomic mass is 19.1. The quantitative estimate of drug-likeness (QED) is 0.878. The molecule has 0 saturated heterocycles. The Kier molecular flexibility index (Phi) is 4.88. The van der Waals surface area contributed by atoms with Crippen LogP contribution in [0, 0.1) is 5.82 Å². The van der Waals surface area contributed by atoms with Crippen LogP contribution in [-0.4, -0.2) is 31.4 Å². The lowest BCUT2D eigenvalue weighted by atomic mass is 9.81. The minimum atomic E-state index is -0.616. The predicted octanol–water partition coefficient (Wildman–Crippen LogP) is 3.04. The van der Waals surface area contributed by atoms with Gasteiger partial charge in [-0.25, -0.2) is 4.39 Å². The number of amides is 1. The Labute approximate surface area is 147 Å². The predicted molar refractivity (Wildman–Crippen MR) is 94.7 cm³/mol. The number of benzene rings is 2. The molecule has 4 nitrogen and oxygen atoms in total. The molecule has 5 heteroatoms. The topological polar surface area (TPSA) is 55.6 Å². The molecule has 0 bridgehead atoms. The maximum atomic E-state index is 13.4. The fourth-order valence-electron chi connectivity index (χ4n) is 3.49. The van der Waals surface area contributed by atoms with Gasteiger partial charge in [-0.2, -0.15) is 0 Å². The molecule has 0 aromatic heterocycles. The van der Waals surface area contributed by atoms with Crippen molar-refractivity contribution >= 4 is 5.91 Å². The number of hydrogen-bond donors (Lipinski definition) is 1. The van der Waals surface area contributed by atoms with Crippen molar-refractivity contribution < 1.29 is 13.9 Å². The normalized spacial score (nSPS) is 19.2. The first-order chi connectivity index (χ1) is 11.9. The van der Waals surface area contributed by atoms with Crippen LogP contribution in [0.2, 0.25) is 0 Å². The van der Waals surface area contributed by atoms with E-state index in [-0.39, 0.29) is 5.82 Å². The number of hydrogen-bond acceptors (Lipinski definition) is 3. The molecule has 2 aromatic carbocycles. The molecule has 132 valence electrons. The van der Waals surface area contributed by atoms with Crippen LogP contribution in [0.1, 0.15) is 39.9 Å². The van der Waals surface area contributed by atoms with Crippen molar-refractivity contribution in [2.75, 3.05) is 20.6 Å². The molecule has 1 aliphatic heterocycles. The number of carbonyl (C=O) groups is 1. The van der Waals surface area contributed by atoms with Gasteiger partial charge in [0, 0.05) is 5.56 Å². The molecule has 0 unspecified atom stereocenters. The summed E-state index contributed by atoms with van der Waals surface area (Å²) in [5, 5.41) is 0. The highest BCUT2D eigenvalue weighted by Gasteiger charge is 2.41. The number of fused-ring (bicyclic) bond motifs is 1. The maximum Gasteiger partial charge on any atom is 0.248 e. The summed E-state index contributed by atoms with van der Waals surface area (Å²) < 4.78 is 19.7. The lowest BCUT2D eigenvalue weighted by Gasteiger charge is -2.31. The summed E-state index contributed by atoms with van der Waals surface area (Å²) in [7, 11) is 4.07. The second kappa shape index (κ2) is 6.94. The minimum Gasteiger partial charge on any atom is -0.366 e. The van der Waals surface area contributed by atoms with Crippen LogP contribution < -0.4 is 5.73 Å². The molecule has 0 fully saturated rings. The monoisotopic (exact) mass is 342 g/mol. The standard InChI is InChI=1S/C20H23FN2O2/c1-23(2)11-3-10-20(16-5-7-17(21)8-6-16)18-9-4-14(19(22)24)12-15(18)13-25-20/h4-9,12H,3,10-11,13H2,1-2H3,(H2,22,24)/t20-/m1/s1. The summed E-state index contributed by atoms with van der Waals surface area (Å²) in [5.74, 6) is -0.718. The molecular weight excluding hydrogens is 319 g/mol. The summed E-state index contributed by atoms with van der Waals surface area (Å²) in [5.41, 5.74) is 8.17. The van der Waals surface area contributed by atoms with Crippen molar-refractivity contribution in [3.8, 4) is 0 Å². The third-order valence-corrected chi connectivity index (χ3v) is 4.74. The lowest BCUT2D eigenvalue weighted by Crippen LogP contribution is -2.28. The largest absolute Gasteiger partial charge is 0.366 e. The van der Waals surface area contributed by atoms with E-state index in [0.29, 0.717) is 12.2 Å². The summed E-state index contributed by atoms with van der Waals surface area (Å²) in [6, 6.07) is 11.9. The molecule has 0 spiro atoms. The van der Waals surface area contributed by atoms with E-state index in [9.17, 15) is 9.18 Å². The number of primary amides is 1. The first-order valence-electron chi connectivity index (χ1n) is 8.40. The van der Waals surface area contributed by atoms with Gasteiger partial charge >= 0.3 is 0 Å².